The van der Waals surface area contributed by atoms with Crippen molar-refractivity contribution in [1.82, 2.24) is 14.5 Å². The summed E-state index contributed by atoms with van der Waals surface area (Å²) in [5.74, 6) is 0.417. The van der Waals surface area contributed by atoms with Gasteiger partial charge in [0.2, 0.25) is 0 Å². The number of aromatic amines is 1. The topological polar surface area (TPSA) is 70.1 Å². The molecule has 0 bridgehead atoms. The Morgan fingerprint density at radius 1 is 1.12 bits per heavy atom. The lowest BCUT2D eigenvalue weighted by Crippen LogP contribution is -2.39. The number of rotatable bonds is 8. The Kier molecular flexibility index (Phi) is 6.58. The summed E-state index contributed by atoms with van der Waals surface area (Å²) in [6.07, 6.45) is 0.935. The first kappa shape index (κ1) is 19.0. The van der Waals surface area contributed by atoms with Gasteiger partial charge in [-0.25, -0.2) is 4.79 Å². The van der Waals surface area contributed by atoms with Crippen LogP contribution < -0.4 is 16.6 Å². The van der Waals surface area contributed by atoms with Crippen molar-refractivity contribution in [3.63, 3.8) is 0 Å². The summed E-state index contributed by atoms with van der Waals surface area (Å²) in [6.45, 7) is 11.2. The second kappa shape index (κ2) is 8.67. The van der Waals surface area contributed by atoms with E-state index in [9.17, 15) is 9.59 Å². The quantitative estimate of drug-likeness (QED) is 0.772. The van der Waals surface area contributed by atoms with Gasteiger partial charge in [-0.3, -0.25) is 14.3 Å². The zero-order valence-electron chi connectivity index (χ0n) is 15.6. The summed E-state index contributed by atoms with van der Waals surface area (Å²) in [4.78, 5) is 29.5. The van der Waals surface area contributed by atoms with E-state index in [2.05, 4.69) is 42.9 Å². The Morgan fingerprint density at radius 2 is 1.84 bits per heavy atom. The average molecular weight is 344 g/mol. The second-order valence-electron chi connectivity index (χ2n) is 6.12. The lowest BCUT2D eigenvalue weighted by Gasteiger charge is -2.18. The predicted molar refractivity (Wildman–Crippen MR) is 103 cm³/mol. The van der Waals surface area contributed by atoms with Gasteiger partial charge >= 0.3 is 5.69 Å². The van der Waals surface area contributed by atoms with Crippen molar-refractivity contribution in [2.45, 2.75) is 40.7 Å². The minimum atomic E-state index is -0.384. The number of hydrogen-bond acceptors (Lipinski definition) is 4. The van der Waals surface area contributed by atoms with Gasteiger partial charge in [-0.05, 0) is 49.7 Å². The smallest absolute Gasteiger partial charge is 0.329 e. The molecule has 0 unspecified atom stereocenters. The molecule has 0 saturated heterocycles. The number of nitrogens with zero attached hydrogens (tertiary/aromatic N) is 2. The molecule has 6 heteroatoms. The number of hydrogen-bond donors (Lipinski definition) is 2. The number of aryl methyl sites for hydroxylation is 2. The molecule has 25 heavy (non-hydrogen) atoms. The summed E-state index contributed by atoms with van der Waals surface area (Å²) in [5, 5.41) is 3.12. The van der Waals surface area contributed by atoms with Crippen molar-refractivity contribution >= 4 is 11.5 Å². The third-order valence-corrected chi connectivity index (χ3v) is 4.56. The summed E-state index contributed by atoms with van der Waals surface area (Å²) in [5.41, 5.74) is 2.65. The molecule has 6 nitrogen and oxygen atoms in total. The highest BCUT2D eigenvalue weighted by Crippen LogP contribution is 2.18. The van der Waals surface area contributed by atoms with Crippen molar-refractivity contribution < 1.29 is 0 Å². The average Bonchev–Trinajstić information content (AvgIpc) is 2.59. The van der Waals surface area contributed by atoms with E-state index >= 15 is 0 Å². The molecule has 1 aromatic heterocycles. The zero-order chi connectivity index (χ0) is 18.4. The lowest BCUT2D eigenvalue weighted by molar-refractivity contribution is 0.287. The highest BCUT2D eigenvalue weighted by molar-refractivity contribution is 5.57. The molecular weight excluding hydrogens is 316 g/mol. The Morgan fingerprint density at radius 3 is 2.44 bits per heavy atom. The van der Waals surface area contributed by atoms with Crippen LogP contribution in [0.1, 0.15) is 31.9 Å². The van der Waals surface area contributed by atoms with Crippen molar-refractivity contribution in [2.24, 2.45) is 0 Å². The molecule has 1 aromatic carbocycles. The molecule has 0 saturated carbocycles. The number of likely N-dealkylation sites (N-methyl/N-ethyl adjacent to an activating group) is 1. The first-order chi connectivity index (χ1) is 12.0. The minimum absolute atomic E-state index is 0.291. The van der Waals surface area contributed by atoms with Gasteiger partial charge in [-0.15, -0.1) is 0 Å². The number of anilines is 2. The fourth-order valence-corrected chi connectivity index (χ4v) is 2.87. The van der Waals surface area contributed by atoms with Crippen LogP contribution in [0, 0.1) is 6.92 Å². The number of H-pyrrole nitrogens is 1. The fraction of sp³-hybridized carbons (Fsp3) is 0.474. The SMILES string of the molecule is CCc1cc(Nc2cc(=O)n(CCN(CC)CC)c(=O)[nH]2)ccc1C. The molecular formula is C19H28N4O2. The van der Waals surface area contributed by atoms with Crippen LogP contribution in [-0.2, 0) is 13.0 Å². The predicted octanol–water partition coefficient (Wildman–Crippen LogP) is 2.49. The van der Waals surface area contributed by atoms with Crippen molar-refractivity contribution in [3.8, 4) is 0 Å². The molecule has 0 aliphatic heterocycles. The maximum Gasteiger partial charge on any atom is 0.329 e. The maximum absolute atomic E-state index is 12.3. The molecule has 0 aliphatic carbocycles. The number of nitrogens with one attached hydrogen (secondary N) is 2. The van der Waals surface area contributed by atoms with Gasteiger partial charge in [0.1, 0.15) is 5.82 Å². The van der Waals surface area contributed by atoms with E-state index in [1.165, 1.54) is 21.8 Å². The first-order valence-electron chi connectivity index (χ1n) is 8.91. The van der Waals surface area contributed by atoms with Crippen LogP contribution in [0.3, 0.4) is 0 Å². The first-order valence-corrected chi connectivity index (χ1v) is 8.91. The Labute approximate surface area is 148 Å². The van der Waals surface area contributed by atoms with E-state index in [0.717, 1.165) is 25.2 Å². The van der Waals surface area contributed by atoms with Crippen LogP contribution in [0.15, 0.2) is 33.9 Å². The van der Waals surface area contributed by atoms with Gasteiger partial charge in [0, 0.05) is 24.8 Å². The molecule has 0 radical (unpaired) electrons. The van der Waals surface area contributed by atoms with E-state index in [0.29, 0.717) is 18.9 Å². The Balaban J connectivity index is 2.19. The molecule has 2 N–H and O–H groups in total. The van der Waals surface area contributed by atoms with Crippen LogP contribution in [-0.4, -0.2) is 34.1 Å². The summed E-state index contributed by atoms with van der Waals surface area (Å²) in [6, 6.07) is 7.46. The van der Waals surface area contributed by atoms with Gasteiger partial charge in [0.15, 0.2) is 0 Å². The fourth-order valence-electron chi connectivity index (χ4n) is 2.87. The molecule has 0 spiro atoms. The van der Waals surface area contributed by atoms with Gasteiger partial charge in [-0.2, -0.15) is 0 Å². The zero-order valence-corrected chi connectivity index (χ0v) is 15.6. The van der Waals surface area contributed by atoms with Crippen LogP contribution in [0.5, 0.6) is 0 Å². The maximum atomic E-state index is 12.3. The minimum Gasteiger partial charge on any atom is -0.342 e. The van der Waals surface area contributed by atoms with E-state index in [1.54, 1.807) is 0 Å². The molecule has 1 heterocycles. The van der Waals surface area contributed by atoms with Gasteiger partial charge in [-0.1, -0.05) is 26.8 Å². The second-order valence-corrected chi connectivity index (χ2v) is 6.12. The van der Waals surface area contributed by atoms with Gasteiger partial charge in [0.25, 0.3) is 5.56 Å². The van der Waals surface area contributed by atoms with Crippen LogP contribution in [0.2, 0.25) is 0 Å². The molecule has 2 aromatic rings. The van der Waals surface area contributed by atoms with Gasteiger partial charge in [0.05, 0.1) is 0 Å². The normalized spacial score (nSPS) is 11.1. The largest absolute Gasteiger partial charge is 0.342 e. The Bertz CT molecular complexity index is 788. The molecule has 0 fully saturated rings. The molecule has 136 valence electrons. The van der Waals surface area contributed by atoms with E-state index in [4.69, 9.17) is 0 Å². The monoisotopic (exact) mass is 344 g/mol. The van der Waals surface area contributed by atoms with E-state index in [1.807, 2.05) is 18.2 Å². The van der Waals surface area contributed by atoms with Crippen LogP contribution >= 0.6 is 0 Å². The summed E-state index contributed by atoms with van der Waals surface area (Å²) < 4.78 is 1.25. The summed E-state index contributed by atoms with van der Waals surface area (Å²) in [7, 11) is 0. The standard InChI is InChI=1S/C19H28N4O2/c1-5-15-12-16(9-8-14(15)4)20-17-13-18(24)23(19(25)21-17)11-10-22(6-2)7-3/h8-9,12-13,20H,5-7,10-11H2,1-4H3,(H,21,25). The molecule has 0 aliphatic rings. The van der Waals surface area contributed by atoms with Crippen LogP contribution in [0.25, 0.3) is 0 Å². The summed E-state index contributed by atoms with van der Waals surface area (Å²) >= 11 is 0. The van der Waals surface area contributed by atoms with Crippen molar-refractivity contribution in [1.29, 1.82) is 0 Å². The van der Waals surface area contributed by atoms with E-state index in [-0.39, 0.29) is 11.2 Å². The third-order valence-electron chi connectivity index (χ3n) is 4.56. The third kappa shape index (κ3) is 4.82. The van der Waals surface area contributed by atoms with E-state index < -0.39 is 0 Å². The Hall–Kier alpha value is -2.34. The lowest BCUT2D eigenvalue weighted by atomic mass is 10.1. The molecule has 2 rings (SSSR count). The van der Waals surface area contributed by atoms with Crippen LogP contribution in [0.4, 0.5) is 11.5 Å². The molecule has 0 amide bonds. The number of aromatic nitrogens is 2. The number of benzene rings is 1. The highest BCUT2D eigenvalue weighted by atomic mass is 16.2. The molecule has 0 atom stereocenters. The highest BCUT2D eigenvalue weighted by Gasteiger charge is 2.07. The van der Waals surface area contributed by atoms with Gasteiger partial charge < -0.3 is 10.2 Å². The van der Waals surface area contributed by atoms with Crippen molar-refractivity contribution in [3.05, 3.63) is 56.2 Å². The van der Waals surface area contributed by atoms with Crippen molar-refractivity contribution in [2.75, 3.05) is 25.0 Å².